The molecule has 0 amide bonds. The van der Waals surface area contributed by atoms with E-state index in [4.69, 9.17) is 16.0 Å². The maximum atomic E-state index is 11.2. The smallest absolute Gasteiger partial charge is 0.316 e. The van der Waals surface area contributed by atoms with Crippen molar-refractivity contribution in [3.8, 4) is 0 Å². The highest BCUT2D eigenvalue weighted by atomic mass is 35.5. The number of aryl methyl sites for hydroxylation is 1. The van der Waals surface area contributed by atoms with Gasteiger partial charge in [0.2, 0.25) is 11.8 Å². The summed E-state index contributed by atoms with van der Waals surface area (Å²) in [5.74, 6) is -1.40. The van der Waals surface area contributed by atoms with Gasteiger partial charge in [-0.1, -0.05) is 23.7 Å². The van der Waals surface area contributed by atoms with Gasteiger partial charge in [0.25, 0.3) is 0 Å². The van der Waals surface area contributed by atoms with Gasteiger partial charge in [0.15, 0.2) is 0 Å². The molecule has 1 atom stereocenters. The van der Waals surface area contributed by atoms with Gasteiger partial charge in [-0.3, -0.25) is 4.79 Å². The largest absolute Gasteiger partial charge is 0.481 e. The van der Waals surface area contributed by atoms with Crippen molar-refractivity contribution in [2.24, 2.45) is 0 Å². The number of aromatic nitrogens is 2. The second kappa shape index (κ2) is 5.18. The Labute approximate surface area is 108 Å². The van der Waals surface area contributed by atoms with E-state index in [-0.39, 0.29) is 12.3 Å². The van der Waals surface area contributed by atoms with Crippen molar-refractivity contribution >= 4 is 17.6 Å². The minimum Gasteiger partial charge on any atom is -0.481 e. The van der Waals surface area contributed by atoms with Gasteiger partial charge in [-0.25, -0.2) is 0 Å². The summed E-state index contributed by atoms with van der Waals surface area (Å²) in [4.78, 5) is 11.2. The number of nitrogens with zero attached hydrogens (tertiary/aromatic N) is 2. The van der Waals surface area contributed by atoms with Crippen molar-refractivity contribution in [2.45, 2.75) is 19.3 Å². The summed E-state index contributed by atoms with van der Waals surface area (Å²) in [6, 6.07) is 7.04. The van der Waals surface area contributed by atoms with Gasteiger partial charge in [0.1, 0.15) is 5.92 Å². The average molecular weight is 267 g/mol. The lowest BCUT2D eigenvalue weighted by molar-refractivity contribution is -0.139. The van der Waals surface area contributed by atoms with Gasteiger partial charge in [-0.2, -0.15) is 0 Å². The maximum absolute atomic E-state index is 11.2. The predicted octanol–water partition coefficient (Wildman–Crippen LogP) is 2.44. The predicted molar refractivity (Wildman–Crippen MR) is 64.6 cm³/mol. The Balaban J connectivity index is 2.24. The lowest BCUT2D eigenvalue weighted by Gasteiger charge is -2.08. The van der Waals surface area contributed by atoms with E-state index in [9.17, 15) is 9.90 Å². The van der Waals surface area contributed by atoms with E-state index in [0.29, 0.717) is 10.9 Å². The molecule has 0 bridgehead atoms. The Morgan fingerprint density at radius 1 is 1.50 bits per heavy atom. The summed E-state index contributed by atoms with van der Waals surface area (Å²) in [5.41, 5.74) is 0.811. The second-order valence-electron chi connectivity index (χ2n) is 3.88. The Kier molecular flexibility index (Phi) is 3.62. The molecule has 2 rings (SSSR count). The van der Waals surface area contributed by atoms with Crippen molar-refractivity contribution in [2.75, 3.05) is 0 Å². The van der Waals surface area contributed by atoms with E-state index >= 15 is 0 Å². The molecule has 0 radical (unpaired) electrons. The van der Waals surface area contributed by atoms with Crippen LogP contribution in [0, 0.1) is 6.92 Å². The van der Waals surface area contributed by atoms with Gasteiger partial charge < -0.3 is 9.52 Å². The SMILES string of the molecule is Cc1nnc(C(Cc2cccc(Cl)c2)C(=O)O)o1. The van der Waals surface area contributed by atoms with Gasteiger partial charge in [0, 0.05) is 11.9 Å². The van der Waals surface area contributed by atoms with E-state index in [2.05, 4.69) is 10.2 Å². The topological polar surface area (TPSA) is 76.2 Å². The molecule has 0 aliphatic heterocycles. The third-order valence-electron chi connectivity index (χ3n) is 2.47. The number of benzene rings is 1. The highest BCUT2D eigenvalue weighted by molar-refractivity contribution is 6.30. The van der Waals surface area contributed by atoms with E-state index in [1.807, 2.05) is 6.07 Å². The fourth-order valence-electron chi connectivity index (χ4n) is 1.63. The molecule has 0 spiro atoms. The van der Waals surface area contributed by atoms with Crippen molar-refractivity contribution < 1.29 is 14.3 Å². The number of hydrogen-bond acceptors (Lipinski definition) is 4. The Hall–Kier alpha value is -1.88. The lowest BCUT2D eigenvalue weighted by atomic mass is 9.99. The van der Waals surface area contributed by atoms with Crippen LogP contribution in [0.1, 0.15) is 23.3 Å². The molecule has 94 valence electrons. The first-order valence-corrected chi connectivity index (χ1v) is 5.71. The molecule has 0 aliphatic carbocycles. The number of carbonyl (C=O) groups is 1. The van der Waals surface area contributed by atoms with E-state index in [1.165, 1.54) is 0 Å². The Morgan fingerprint density at radius 3 is 2.83 bits per heavy atom. The molecule has 1 N–H and O–H groups in total. The molecule has 0 saturated carbocycles. The Bertz CT molecular complexity index is 568. The molecule has 0 fully saturated rings. The van der Waals surface area contributed by atoms with Gasteiger partial charge in [-0.05, 0) is 24.1 Å². The first-order valence-electron chi connectivity index (χ1n) is 5.33. The number of aliphatic carboxylic acids is 1. The van der Waals surface area contributed by atoms with E-state index in [1.54, 1.807) is 25.1 Å². The van der Waals surface area contributed by atoms with Crippen LogP contribution < -0.4 is 0 Å². The molecular weight excluding hydrogens is 256 g/mol. The van der Waals surface area contributed by atoms with Crippen molar-refractivity contribution in [3.63, 3.8) is 0 Å². The molecule has 0 aliphatic rings. The minimum absolute atomic E-state index is 0.111. The van der Waals surface area contributed by atoms with Crippen molar-refractivity contribution in [1.29, 1.82) is 0 Å². The van der Waals surface area contributed by atoms with Crippen LogP contribution in [-0.2, 0) is 11.2 Å². The third-order valence-corrected chi connectivity index (χ3v) is 2.70. The monoisotopic (exact) mass is 266 g/mol. The van der Waals surface area contributed by atoms with Crippen LogP contribution in [0.3, 0.4) is 0 Å². The fourth-order valence-corrected chi connectivity index (χ4v) is 1.85. The number of carboxylic acid groups (broad SMARTS) is 1. The van der Waals surface area contributed by atoms with Crippen LogP contribution in [0.25, 0.3) is 0 Å². The van der Waals surface area contributed by atoms with Crippen LogP contribution in [0.2, 0.25) is 5.02 Å². The summed E-state index contributed by atoms with van der Waals surface area (Å²) >= 11 is 5.86. The van der Waals surface area contributed by atoms with Crippen LogP contribution in [0.5, 0.6) is 0 Å². The quantitative estimate of drug-likeness (QED) is 0.920. The third kappa shape index (κ3) is 2.87. The molecule has 18 heavy (non-hydrogen) atoms. The second-order valence-corrected chi connectivity index (χ2v) is 4.32. The fraction of sp³-hybridized carbons (Fsp3) is 0.250. The van der Waals surface area contributed by atoms with E-state index in [0.717, 1.165) is 5.56 Å². The molecule has 1 aromatic carbocycles. The maximum Gasteiger partial charge on any atom is 0.316 e. The van der Waals surface area contributed by atoms with E-state index < -0.39 is 11.9 Å². The number of halogens is 1. The summed E-state index contributed by atoms with van der Waals surface area (Å²) in [6.07, 6.45) is 0.261. The average Bonchev–Trinajstić information content (AvgIpc) is 2.72. The molecule has 5 nitrogen and oxygen atoms in total. The molecule has 1 unspecified atom stereocenters. The summed E-state index contributed by atoms with van der Waals surface area (Å²) in [6.45, 7) is 1.62. The molecule has 2 aromatic rings. The number of carboxylic acids is 1. The summed E-state index contributed by atoms with van der Waals surface area (Å²) in [7, 11) is 0. The molecule has 1 heterocycles. The van der Waals surface area contributed by atoms with Crippen molar-refractivity contribution in [3.05, 3.63) is 46.6 Å². The van der Waals surface area contributed by atoms with Crippen LogP contribution in [0.4, 0.5) is 0 Å². The zero-order valence-electron chi connectivity index (χ0n) is 9.63. The minimum atomic E-state index is -1.00. The van der Waals surface area contributed by atoms with Crippen molar-refractivity contribution in [1.82, 2.24) is 10.2 Å². The highest BCUT2D eigenvalue weighted by Crippen LogP contribution is 2.22. The molecular formula is C12H11ClN2O3. The summed E-state index contributed by atoms with van der Waals surface area (Å²) < 4.78 is 5.17. The van der Waals surface area contributed by atoms with Gasteiger partial charge in [-0.15, -0.1) is 10.2 Å². The normalized spacial score (nSPS) is 12.3. The van der Waals surface area contributed by atoms with Gasteiger partial charge in [0.05, 0.1) is 0 Å². The zero-order chi connectivity index (χ0) is 13.1. The first-order chi connectivity index (χ1) is 8.56. The lowest BCUT2D eigenvalue weighted by Crippen LogP contribution is -2.15. The molecule has 0 saturated heterocycles. The number of hydrogen-bond donors (Lipinski definition) is 1. The highest BCUT2D eigenvalue weighted by Gasteiger charge is 2.26. The molecule has 1 aromatic heterocycles. The Morgan fingerprint density at radius 2 is 2.28 bits per heavy atom. The summed E-state index contributed by atoms with van der Waals surface area (Å²) in [5, 5.41) is 17.2. The molecule has 6 heteroatoms. The van der Waals surface area contributed by atoms with Crippen LogP contribution >= 0.6 is 11.6 Å². The van der Waals surface area contributed by atoms with Gasteiger partial charge >= 0.3 is 5.97 Å². The number of rotatable bonds is 4. The zero-order valence-corrected chi connectivity index (χ0v) is 10.4. The van der Waals surface area contributed by atoms with Crippen LogP contribution in [-0.4, -0.2) is 21.3 Å². The standard InChI is InChI=1S/C12H11ClN2O3/c1-7-14-15-11(18-7)10(12(16)17)6-8-3-2-4-9(13)5-8/h2-5,10H,6H2,1H3,(H,16,17). The van der Waals surface area contributed by atoms with Crippen LogP contribution in [0.15, 0.2) is 28.7 Å². The first kappa shape index (κ1) is 12.6.